The zero-order valence-electron chi connectivity index (χ0n) is 11.6. The van der Waals surface area contributed by atoms with E-state index in [2.05, 4.69) is 21.2 Å². The van der Waals surface area contributed by atoms with Crippen molar-refractivity contribution in [2.45, 2.75) is 39.8 Å². The van der Waals surface area contributed by atoms with Crippen molar-refractivity contribution >= 4 is 21.8 Å². The second-order valence-corrected chi connectivity index (χ2v) is 5.38. The van der Waals surface area contributed by atoms with Crippen LogP contribution in [-0.4, -0.2) is 18.6 Å². The molecule has 5 heteroatoms. The maximum Gasteiger partial charge on any atom is 0.260 e. The van der Waals surface area contributed by atoms with Crippen molar-refractivity contribution in [1.29, 1.82) is 0 Å². The summed E-state index contributed by atoms with van der Waals surface area (Å²) in [5, 5.41) is 2.82. The Balaban J connectivity index is 2.84. The minimum Gasteiger partial charge on any atom is -0.480 e. The van der Waals surface area contributed by atoms with Gasteiger partial charge >= 0.3 is 0 Å². The van der Waals surface area contributed by atoms with E-state index in [1.165, 1.54) is 0 Å². The Bertz CT molecular complexity index is 449. The molecule has 19 heavy (non-hydrogen) atoms. The number of hydrogen-bond donors (Lipinski definition) is 2. The number of hydrogen-bond acceptors (Lipinski definition) is 3. The van der Waals surface area contributed by atoms with Gasteiger partial charge in [0.2, 0.25) is 0 Å². The van der Waals surface area contributed by atoms with Crippen LogP contribution in [0, 0.1) is 6.92 Å². The molecule has 0 spiro atoms. The lowest BCUT2D eigenvalue weighted by molar-refractivity contribution is -0.127. The molecule has 1 rings (SSSR count). The van der Waals surface area contributed by atoms with Gasteiger partial charge in [-0.2, -0.15) is 0 Å². The topological polar surface area (TPSA) is 64.3 Å². The van der Waals surface area contributed by atoms with Crippen molar-refractivity contribution in [3.63, 3.8) is 0 Å². The van der Waals surface area contributed by atoms with E-state index in [-0.39, 0.29) is 5.91 Å². The highest BCUT2D eigenvalue weighted by atomic mass is 79.9. The lowest BCUT2D eigenvalue weighted by Gasteiger charge is -2.19. The van der Waals surface area contributed by atoms with Crippen molar-refractivity contribution < 1.29 is 9.53 Å². The zero-order chi connectivity index (χ0) is 14.4. The van der Waals surface area contributed by atoms with Crippen molar-refractivity contribution in [2.75, 3.05) is 6.54 Å². The molecule has 0 aliphatic rings. The first-order chi connectivity index (χ1) is 8.99. The maximum atomic E-state index is 11.8. The van der Waals surface area contributed by atoms with Crippen molar-refractivity contribution in [3.8, 4) is 5.75 Å². The number of ether oxygens (including phenoxy) is 1. The molecule has 0 aliphatic heterocycles. The predicted octanol–water partition coefficient (Wildman–Crippen LogP) is 2.51. The molecule has 4 nitrogen and oxygen atoms in total. The summed E-state index contributed by atoms with van der Waals surface area (Å²) >= 11 is 3.43. The van der Waals surface area contributed by atoms with Gasteiger partial charge in [0.1, 0.15) is 5.75 Å². The molecule has 0 aromatic heterocycles. The molecule has 0 heterocycles. The minimum atomic E-state index is -0.531. The van der Waals surface area contributed by atoms with Crippen LogP contribution in [0.3, 0.4) is 0 Å². The fourth-order valence-electron chi connectivity index (χ4n) is 1.74. The Morgan fingerprint density at radius 3 is 2.79 bits per heavy atom. The molecule has 3 N–H and O–H groups in total. The number of amides is 1. The van der Waals surface area contributed by atoms with Crippen LogP contribution in [0.1, 0.15) is 31.4 Å². The first-order valence-electron chi connectivity index (χ1n) is 6.43. The Hall–Kier alpha value is -1.07. The van der Waals surface area contributed by atoms with E-state index in [0.29, 0.717) is 18.8 Å². The molecule has 1 unspecified atom stereocenters. The Kier molecular flexibility index (Phi) is 6.31. The summed E-state index contributed by atoms with van der Waals surface area (Å²) in [6, 6.07) is 3.87. The third kappa shape index (κ3) is 4.51. The monoisotopic (exact) mass is 328 g/mol. The van der Waals surface area contributed by atoms with Gasteiger partial charge in [0, 0.05) is 23.1 Å². The fourth-order valence-corrected chi connectivity index (χ4v) is 2.36. The summed E-state index contributed by atoms with van der Waals surface area (Å²) in [6.45, 7) is 6.73. The van der Waals surface area contributed by atoms with Crippen LogP contribution in [0.15, 0.2) is 16.6 Å². The van der Waals surface area contributed by atoms with E-state index in [1.807, 2.05) is 26.0 Å². The van der Waals surface area contributed by atoms with Crippen molar-refractivity contribution in [2.24, 2.45) is 5.73 Å². The number of aryl methyl sites for hydroxylation is 1. The molecule has 0 saturated heterocycles. The molecule has 1 aromatic carbocycles. The van der Waals surface area contributed by atoms with Crippen LogP contribution in [0.5, 0.6) is 5.75 Å². The first-order valence-corrected chi connectivity index (χ1v) is 7.22. The molecule has 1 atom stereocenters. The molecule has 0 radical (unpaired) electrons. The number of nitrogens with two attached hydrogens (primary N) is 1. The summed E-state index contributed by atoms with van der Waals surface area (Å²) in [6.07, 6.45) is 0.376. The van der Waals surface area contributed by atoms with Gasteiger partial charge in [-0.15, -0.1) is 0 Å². The smallest absolute Gasteiger partial charge is 0.260 e. The summed E-state index contributed by atoms with van der Waals surface area (Å²) in [5.74, 6) is 0.594. The quantitative estimate of drug-likeness (QED) is 0.843. The highest BCUT2D eigenvalue weighted by molar-refractivity contribution is 9.10. The molecule has 1 amide bonds. The van der Waals surface area contributed by atoms with Gasteiger partial charge in [0.25, 0.3) is 5.91 Å². The van der Waals surface area contributed by atoms with Crippen LogP contribution in [0.25, 0.3) is 0 Å². The second-order valence-electron chi connectivity index (χ2n) is 4.47. The average molecular weight is 329 g/mol. The number of carbonyl (C=O) groups is 1. The van der Waals surface area contributed by atoms with Crippen LogP contribution < -0.4 is 15.8 Å². The lowest BCUT2D eigenvalue weighted by atomic mass is 10.1. The number of rotatable bonds is 6. The Morgan fingerprint density at radius 1 is 1.53 bits per heavy atom. The van der Waals surface area contributed by atoms with E-state index >= 15 is 0 Å². The van der Waals surface area contributed by atoms with Crippen molar-refractivity contribution in [1.82, 2.24) is 5.32 Å². The van der Waals surface area contributed by atoms with Crippen molar-refractivity contribution in [3.05, 3.63) is 27.7 Å². The van der Waals surface area contributed by atoms with Gasteiger partial charge in [-0.1, -0.05) is 22.9 Å². The summed E-state index contributed by atoms with van der Waals surface area (Å²) in [4.78, 5) is 11.8. The highest BCUT2D eigenvalue weighted by Gasteiger charge is 2.17. The van der Waals surface area contributed by atoms with Gasteiger partial charge in [-0.25, -0.2) is 0 Å². The molecule has 106 valence electrons. The average Bonchev–Trinajstić information content (AvgIpc) is 2.38. The summed E-state index contributed by atoms with van der Waals surface area (Å²) < 4.78 is 6.73. The standard InChI is InChI=1S/C14H21BrN2O2/c1-4-5-17-14(18)10(3)19-13-9(2)6-12(15)7-11(13)8-16/h6-7,10H,4-5,8,16H2,1-3H3,(H,17,18). The third-order valence-electron chi connectivity index (χ3n) is 2.75. The van der Waals surface area contributed by atoms with E-state index in [4.69, 9.17) is 10.5 Å². The second kappa shape index (κ2) is 7.50. The summed E-state index contributed by atoms with van der Waals surface area (Å²) in [5.41, 5.74) is 7.57. The number of nitrogens with one attached hydrogen (secondary N) is 1. The molecular formula is C14H21BrN2O2. The molecular weight excluding hydrogens is 308 g/mol. The number of benzene rings is 1. The normalized spacial score (nSPS) is 12.1. The zero-order valence-corrected chi connectivity index (χ0v) is 13.2. The number of carbonyl (C=O) groups excluding carboxylic acids is 1. The van der Waals surface area contributed by atoms with Gasteiger partial charge in [0.15, 0.2) is 6.10 Å². The number of halogens is 1. The highest BCUT2D eigenvalue weighted by Crippen LogP contribution is 2.28. The van der Waals surface area contributed by atoms with E-state index < -0.39 is 6.10 Å². The SMILES string of the molecule is CCCNC(=O)C(C)Oc1c(C)cc(Br)cc1CN. The van der Waals surface area contributed by atoms with E-state index in [0.717, 1.165) is 22.0 Å². The maximum absolute atomic E-state index is 11.8. The largest absolute Gasteiger partial charge is 0.480 e. The third-order valence-corrected chi connectivity index (χ3v) is 3.21. The molecule has 0 saturated carbocycles. The van der Waals surface area contributed by atoms with Crippen LogP contribution in [-0.2, 0) is 11.3 Å². The molecule has 1 aromatic rings. The van der Waals surface area contributed by atoms with E-state index in [1.54, 1.807) is 6.92 Å². The first kappa shape index (κ1) is 16.0. The Morgan fingerprint density at radius 2 is 2.21 bits per heavy atom. The van der Waals surface area contributed by atoms with Crippen LogP contribution >= 0.6 is 15.9 Å². The van der Waals surface area contributed by atoms with Gasteiger partial charge in [-0.3, -0.25) is 4.79 Å². The Labute approximate surface area is 122 Å². The predicted molar refractivity (Wildman–Crippen MR) is 80.2 cm³/mol. The summed E-state index contributed by atoms with van der Waals surface area (Å²) in [7, 11) is 0. The molecule has 0 fully saturated rings. The fraction of sp³-hybridized carbons (Fsp3) is 0.500. The molecule has 0 bridgehead atoms. The van der Waals surface area contributed by atoms with Gasteiger partial charge < -0.3 is 15.8 Å². The van der Waals surface area contributed by atoms with Gasteiger partial charge in [-0.05, 0) is 38.0 Å². The van der Waals surface area contributed by atoms with Crippen LogP contribution in [0.4, 0.5) is 0 Å². The lowest BCUT2D eigenvalue weighted by Crippen LogP contribution is -2.37. The van der Waals surface area contributed by atoms with Crippen LogP contribution in [0.2, 0.25) is 0 Å². The minimum absolute atomic E-state index is 0.104. The van der Waals surface area contributed by atoms with E-state index in [9.17, 15) is 4.79 Å². The van der Waals surface area contributed by atoms with Gasteiger partial charge in [0.05, 0.1) is 0 Å². The molecule has 0 aliphatic carbocycles.